The highest BCUT2D eigenvalue weighted by atomic mass is 16.7. The van der Waals surface area contributed by atoms with Gasteiger partial charge in [-0.2, -0.15) is 0 Å². The van der Waals surface area contributed by atoms with Crippen molar-refractivity contribution in [3.63, 3.8) is 0 Å². The molecule has 358 valence electrons. The Kier molecular flexibility index (Phi) is 16.9. The normalized spacial score (nSPS) is 20.8. The number of ether oxygens (including phenoxy) is 3. The van der Waals surface area contributed by atoms with E-state index in [1.165, 1.54) is 13.8 Å². The fourth-order valence-corrected chi connectivity index (χ4v) is 7.93. The van der Waals surface area contributed by atoms with Crippen molar-refractivity contribution in [2.75, 3.05) is 18.5 Å². The zero-order valence-corrected chi connectivity index (χ0v) is 37.7. The van der Waals surface area contributed by atoms with E-state index in [2.05, 4.69) is 26.6 Å². The predicted molar refractivity (Wildman–Crippen MR) is 242 cm³/mol. The first-order chi connectivity index (χ1) is 32.0. The number of nitrogens with one attached hydrogen (secondary N) is 5. The lowest BCUT2D eigenvalue weighted by Gasteiger charge is -2.44. The molecule has 0 bridgehead atoms. The molecular weight excluding hydrogens is 869 g/mol. The lowest BCUT2D eigenvalue weighted by molar-refractivity contribution is -0.283. The van der Waals surface area contributed by atoms with E-state index in [1.807, 2.05) is 48.5 Å². The van der Waals surface area contributed by atoms with E-state index < -0.39 is 90.9 Å². The summed E-state index contributed by atoms with van der Waals surface area (Å²) in [5.74, 6) is -3.71. The number of aliphatic hydroxyl groups is 2. The Hall–Kier alpha value is -6.58. The van der Waals surface area contributed by atoms with Crippen molar-refractivity contribution < 1.29 is 58.0 Å². The number of rotatable bonds is 21. The van der Waals surface area contributed by atoms with Gasteiger partial charge in [0.25, 0.3) is 5.91 Å². The summed E-state index contributed by atoms with van der Waals surface area (Å²) >= 11 is 0. The zero-order valence-electron chi connectivity index (χ0n) is 37.7. The Morgan fingerprint density at radius 2 is 1.64 bits per heavy atom. The van der Waals surface area contributed by atoms with Gasteiger partial charge in [-0.25, -0.2) is 4.99 Å². The molecule has 67 heavy (non-hydrogen) atoms. The molecule has 9 N–H and O–H groups in total. The number of amidine groups is 1. The van der Waals surface area contributed by atoms with Crippen LogP contribution in [0.15, 0.2) is 77.8 Å². The predicted octanol–water partition coefficient (Wildman–Crippen LogP) is 1.03. The van der Waals surface area contributed by atoms with Crippen LogP contribution in [0.25, 0.3) is 0 Å². The van der Waals surface area contributed by atoms with Crippen LogP contribution in [-0.4, -0.2) is 124 Å². The van der Waals surface area contributed by atoms with Crippen molar-refractivity contribution in [1.82, 2.24) is 26.2 Å². The molecule has 0 aliphatic carbocycles. The van der Waals surface area contributed by atoms with E-state index in [0.29, 0.717) is 35.7 Å². The summed E-state index contributed by atoms with van der Waals surface area (Å²) in [6.45, 7) is 5.83. The molecule has 3 aromatic rings. The van der Waals surface area contributed by atoms with Crippen LogP contribution in [0.2, 0.25) is 0 Å². The molecule has 8 atom stereocenters. The number of aliphatic hydroxyl groups excluding tert-OH is 2. The third kappa shape index (κ3) is 12.7. The van der Waals surface area contributed by atoms with Gasteiger partial charge < -0.3 is 56.7 Å². The number of carbonyl (C=O) groups is 7. The lowest BCUT2D eigenvalue weighted by Crippen LogP contribution is -2.66. The first kappa shape index (κ1) is 49.8. The van der Waals surface area contributed by atoms with Crippen LogP contribution in [0.3, 0.4) is 0 Å². The zero-order chi connectivity index (χ0) is 48.4. The van der Waals surface area contributed by atoms with Crippen LogP contribution < -0.4 is 32.3 Å². The van der Waals surface area contributed by atoms with E-state index >= 15 is 0 Å². The van der Waals surface area contributed by atoms with Crippen molar-refractivity contribution in [2.45, 2.75) is 115 Å². The van der Waals surface area contributed by atoms with Gasteiger partial charge >= 0.3 is 0 Å². The van der Waals surface area contributed by atoms with Crippen LogP contribution >= 0.6 is 0 Å². The van der Waals surface area contributed by atoms with Crippen molar-refractivity contribution >= 4 is 58.6 Å². The monoisotopic (exact) mass is 926 g/mol. The molecule has 3 aromatic carbocycles. The van der Waals surface area contributed by atoms with Gasteiger partial charge in [0.15, 0.2) is 6.29 Å². The maximum atomic E-state index is 13.6. The molecule has 7 amide bonds. The van der Waals surface area contributed by atoms with Crippen molar-refractivity contribution in [2.24, 2.45) is 16.6 Å². The molecule has 1 saturated heterocycles. The Bertz CT molecular complexity index is 2340. The topological polar surface area (TPSA) is 289 Å². The Balaban J connectivity index is 0.948. The van der Waals surface area contributed by atoms with Crippen LogP contribution in [0.5, 0.6) is 0 Å². The Morgan fingerprint density at radius 3 is 2.33 bits per heavy atom. The molecule has 20 nitrogen and oxygen atoms in total. The van der Waals surface area contributed by atoms with Gasteiger partial charge in [-0.3, -0.25) is 38.5 Å². The van der Waals surface area contributed by atoms with Gasteiger partial charge in [0, 0.05) is 37.6 Å². The van der Waals surface area contributed by atoms with Gasteiger partial charge in [0.2, 0.25) is 35.4 Å². The van der Waals surface area contributed by atoms with Crippen LogP contribution in [-0.2, 0) is 56.1 Å². The second-order valence-electron chi connectivity index (χ2n) is 16.9. The number of anilines is 1. The van der Waals surface area contributed by atoms with Crippen molar-refractivity contribution in [3.8, 4) is 0 Å². The number of fused-ring (bicyclic) bond motifs is 4. The van der Waals surface area contributed by atoms with Gasteiger partial charge in [-0.05, 0) is 61.1 Å². The van der Waals surface area contributed by atoms with E-state index in [1.54, 1.807) is 43.0 Å². The SMILES string of the molecule is CC(=O)N[C@H]1[C@@H](OCc2ccccc2)O[C@H](CO)[C@@H](O)[C@@H]1OC(C)C(=O)N[C@H](C(=O)N[C@H](CCC(=O)NCCCC(=O)Nc1ccc2c(c1)CN1C(=O)c3ccccc3C1=N2)C(N)=O)C(C)C. The standard InChI is InChI=1S/C47H58N8O12/c1-25(2)38(54-44(62)26(3)66-41-39(50-27(4)57)47(67-35(23-56)40(41)60)65-24-28-11-6-5-7-12-28)45(63)53-34(42(48)61)18-19-36(58)49-20-10-15-37(59)51-30-16-17-33-29(21-30)22-55-43(52-33)31-13-8-9-14-32(31)46(55)64/h5-9,11-14,16-17,21,25-26,34-35,38-41,47,56,60H,10,15,18-20,22-24H2,1-4H3,(H2,48,61)(H,49,58)(H,50,57)(H,51,59)(H,53,63)(H,54,62)/t26?,34-,35-,38+,39-,40-,41-,47+/m1/s1. The number of amides is 7. The number of hydrogen-bond acceptors (Lipinski definition) is 13. The first-order valence-corrected chi connectivity index (χ1v) is 22.2. The quantitative estimate of drug-likeness (QED) is 0.0696. The third-order valence-electron chi connectivity index (χ3n) is 11.5. The summed E-state index contributed by atoms with van der Waals surface area (Å²) in [5.41, 5.74) is 9.81. The highest BCUT2D eigenvalue weighted by Crippen LogP contribution is 2.35. The number of aliphatic imine (C=N–C) groups is 1. The van der Waals surface area contributed by atoms with Crippen LogP contribution in [0, 0.1) is 5.92 Å². The molecule has 0 spiro atoms. The molecule has 6 rings (SSSR count). The number of nitrogens with zero attached hydrogens (tertiary/aromatic N) is 2. The molecule has 1 unspecified atom stereocenters. The molecule has 3 aliphatic rings. The fourth-order valence-electron chi connectivity index (χ4n) is 7.93. The summed E-state index contributed by atoms with van der Waals surface area (Å²) in [4.78, 5) is 96.5. The van der Waals surface area contributed by atoms with Crippen molar-refractivity contribution in [3.05, 3.63) is 95.1 Å². The molecule has 0 radical (unpaired) electrons. The second-order valence-corrected chi connectivity index (χ2v) is 16.9. The Labute approximate surface area is 387 Å². The van der Waals surface area contributed by atoms with E-state index in [0.717, 1.165) is 16.7 Å². The summed E-state index contributed by atoms with van der Waals surface area (Å²) < 4.78 is 17.8. The van der Waals surface area contributed by atoms with E-state index in [9.17, 15) is 43.8 Å². The maximum absolute atomic E-state index is 13.6. The number of hydrogen-bond donors (Lipinski definition) is 8. The lowest BCUT2D eigenvalue weighted by atomic mass is 9.96. The Morgan fingerprint density at radius 1 is 0.925 bits per heavy atom. The number of nitrogens with two attached hydrogens (primary N) is 1. The largest absolute Gasteiger partial charge is 0.394 e. The summed E-state index contributed by atoms with van der Waals surface area (Å²) in [5, 5.41) is 34.5. The van der Waals surface area contributed by atoms with Gasteiger partial charge in [0.05, 0.1) is 31.0 Å². The first-order valence-electron chi connectivity index (χ1n) is 22.2. The van der Waals surface area contributed by atoms with E-state index in [4.69, 9.17) is 24.9 Å². The fraction of sp³-hybridized carbons (Fsp3) is 0.447. The van der Waals surface area contributed by atoms with Crippen LogP contribution in [0.4, 0.5) is 11.4 Å². The number of benzene rings is 3. The minimum atomic E-state index is -1.51. The minimum absolute atomic E-state index is 0.0546. The highest BCUT2D eigenvalue weighted by molar-refractivity contribution is 6.24. The average molecular weight is 927 g/mol. The molecule has 1 fully saturated rings. The average Bonchev–Trinajstić information content (AvgIpc) is 3.57. The van der Waals surface area contributed by atoms with Gasteiger partial charge in [-0.15, -0.1) is 0 Å². The van der Waals surface area contributed by atoms with Crippen molar-refractivity contribution in [1.29, 1.82) is 0 Å². The smallest absolute Gasteiger partial charge is 0.260 e. The second kappa shape index (κ2) is 22.7. The summed E-state index contributed by atoms with van der Waals surface area (Å²) in [6.07, 6.45) is -6.51. The maximum Gasteiger partial charge on any atom is 0.260 e. The highest BCUT2D eigenvalue weighted by Gasteiger charge is 2.48. The molecule has 3 aliphatic heterocycles. The summed E-state index contributed by atoms with van der Waals surface area (Å²) in [6, 6.07) is 18.1. The third-order valence-corrected chi connectivity index (χ3v) is 11.5. The molecule has 20 heteroatoms. The molecule has 0 saturated carbocycles. The summed E-state index contributed by atoms with van der Waals surface area (Å²) in [7, 11) is 0. The minimum Gasteiger partial charge on any atom is -0.394 e. The number of primary amides is 1. The van der Waals surface area contributed by atoms with Crippen LogP contribution in [0.1, 0.15) is 80.4 Å². The molecule has 3 heterocycles. The molecular formula is C47H58N8O12. The molecule has 0 aromatic heterocycles. The number of carbonyl (C=O) groups excluding carboxylic acids is 7. The van der Waals surface area contributed by atoms with E-state index in [-0.39, 0.29) is 44.2 Å². The van der Waals surface area contributed by atoms with Gasteiger partial charge in [0.1, 0.15) is 48.4 Å². The van der Waals surface area contributed by atoms with Gasteiger partial charge in [-0.1, -0.05) is 62.4 Å².